The molecule has 1 heterocycles. The number of benzene rings is 3. The second kappa shape index (κ2) is 12.7. The van der Waals surface area contributed by atoms with Gasteiger partial charge in [0.05, 0.1) is 25.9 Å². The number of hydrogen-bond donors (Lipinski definition) is 1. The average Bonchev–Trinajstić information content (AvgIpc) is 3.26. The zero-order valence-electron chi connectivity index (χ0n) is 19.3. The SMILES string of the molecule is OCC[C@H](COCc1ccccc1)[C@@H]1[C@H](OCc2ccccc2)CCN1Cc1ccccc1. The number of nitrogens with zero attached hydrogens (tertiary/aromatic N) is 1. The highest BCUT2D eigenvalue weighted by Crippen LogP contribution is 2.31. The van der Waals surface area contributed by atoms with Crippen molar-refractivity contribution in [2.75, 3.05) is 19.8 Å². The molecule has 3 aromatic rings. The lowest BCUT2D eigenvalue weighted by atomic mass is 9.92. The molecule has 0 saturated carbocycles. The molecule has 0 unspecified atom stereocenters. The summed E-state index contributed by atoms with van der Waals surface area (Å²) in [6.45, 7) is 3.83. The maximum atomic E-state index is 9.87. The predicted molar refractivity (Wildman–Crippen MR) is 132 cm³/mol. The van der Waals surface area contributed by atoms with Gasteiger partial charge in [-0.05, 0) is 29.5 Å². The van der Waals surface area contributed by atoms with Crippen molar-refractivity contribution in [3.63, 3.8) is 0 Å². The van der Waals surface area contributed by atoms with Gasteiger partial charge in [0.2, 0.25) is 0 Å². The summed E-state index contributed by atoms with van der Waals surface area (Å²) in [7, 11) is 0. The number of ether oxygens (including phenoxy) is 2. The van der Waals surface area contributed by atoms with Crippen LogP contribution in [0.1, 0.15) is 29.5 Å². The summed E-state index contributed by atoms with van der Waals surface area (Å²) in [5, 5.41) is 9.87. The van der Waals surface area contributed by atoms with Crippen molar-refractivity contribution < 1.29 is 14.6 Å². The Kier molecular flexibility index (Phi) is 9.08. The minimum atomic E-state index is 0.116. The minimum Gasteiger partial charge on any atom is -0.396 e. The monoisotopic (exact) mass is 445 g/mol. The van der Waals surface area contributed by atoms with Crippen LogP contribution in [-0.4, -0.2) is 41.9 Å². The Morgan fingerprint density at radius 1 is 0.788 bits per heavy atom. The van der Waals surface area contributed by atoms with Crippen molar-refractivity contribution >= 4 is 0 Å². The van der Waals surface area contributed by atoms with Gasteiger partial charge in [-0.25, -0.2) is 0 Å². The second-order valence-electron chi connectivity index (χ2n) is 8.84. The molecular formula is C29H35NO3. The van der Waals surface area contributed by atoms with Crippen LogP contribution in [0.5, 0.6) is 0 Å². The van der Waals surface area contributed by atoms with Gasteiger partial charge in [-0.3, -0.25) is 4.90 Å². The van der Waals surface area contributed by atoms with Crippen LogP contribution >= 0.6 is 0 Å². The lowest BCUT2D eigenvalue weighted by Gasteiger charge is -2.35. The van der Waals surface area contributed by atoms with Crippen LogP contribution in [0.2, 0.25) is 0 Å². The Morgan fingerprint density at radius 2 is 1.36 bits per heavy atom. The summed E-state index contributed by atoms with van der Waals surface area (Å²) in [6.07, 6.45) is 1.81. The molecule has 1 aliphatic heterocycles. The van der Waals surface area contributed by atoms with E-state index in [0.29, 0.717) is 26.2 Å². The van der Waals surface area contributed by atoms with Crippen molar-refractivity contribution in [1.82, 2.24) is 4.90 Å². The topological polar surface area (TPSA) is 41.9 Å². The van der Waals surface area contributed by atoms with Gasteiger partial charge in [0.15, 0.2) is 0 Å². The van der Waals surface area contributed by atoms with Gasteiger partial charge >= 0.3 is 0 Å². The standard InChI is InChI=1S/C29H35NO3/c31-19-17-27(23-32-21-25-12-6-2-7-13-25)29-28(33-22-26-14-8-3-9-15-26)16-18-30(29)20-24-10-4-1-5-11-24/h1-15,27-29,31H,16-23H2/t27-,28-,29-/m1/s1. The van der Waals surface area contributed by atoms with Gasteiger partial charge in [-0.1, -0.05) is 91.0 Å². The molecule has 33 heavy (non-hydrogen) atoms. The first-order valence-electron chi connectivity index (χ1n) is 12.0. The first kappa shape index (κ1) is 23.7. The number of hydrogen-bond acceptors (Lipinski definition) is 4. The van der Waals surface area contributed by atoms with E-state index in [0.717, 1.165) is 19.5 Å². The summed E-state index contributed by atoms with van der Waals surface area (Å²) in [6, 6.07) is 31.5. The third kappa shape index (κ3) is 6.99. The van der Waals surface area contributed by atoms with Crippen molar-refractivity contribution in [3.8, 4) is 0 Å². The van der Waals surface area contributed by atoms with Crippen LogP contribution in [0.25, 0.3) is 0 Å². The van der Waals surface area contributed by atoms with Crippen LogP contribution in [0.4, 0.5) is 0 Å². The minimum absolute atomic E-state index is 0.116. The van der Waals surface area contributed by atoms with E-state index in [1.807, 2.05) is 24.3 Å². The third-order valence-corrected chi connectivity index (χ3v) is 6.47. The van der Waals surface area contributed by atoms with E-state index in [1.165, 1.54) is 16.7 Å². The van der Waals surface area contributed by atoms with E-state index in [2.05, 4.69) is 71.6 Å². The van der Waals surface area contributed by atoms with Crippen molar-refractivity contribution in [1.29, 1.82) is 0 Å². The molecule has 0 aliphatic carbocycles. The lowest BCUT2D eigenvalue weighted by molar-refractivity contribution is -0.0322. The fourth-order valence-electron chi connectivity index (χ4n) is 4.83. The molecule has 0 amide bonds. The fourth-order valence-corrected chi connectivity index (χ4v) is 4.83. The van der Waals surface area contributed by atoms with E-state index >= 15 is 0 Å². The number of likely N-dealkylation sites (tertiary alicyclic amines) is 1. The van der Waals surface area contributed by atoms with Crippen LogP contribution in [0.3, 0.4) is 0 Å². The van der Waals surface area contributed by atoms with Crippen molar-refractivity contribution in [3.05, 3.63) is 108 Å². The first-order chi connectivity index (χ1) is 16.3. The largest absolute Gasteiger partial charge is 0.396 e. The Bertz CT molecular complexity index is 919. The molecule has 0 aromatic heterocycles. The number of aliphatic hydroxyl groups is 1. The molecule has 1 aliphatic rings. The highest BCUT2D eigenvalue weighted by molar-refractivity contribution is 5.16. The molecule has 0 bridgehead atoms. The van der Waals surface area contributed by atoms with Crippen molar-refractivity contribution in [2.45, 2.75) is 44.7 Å². The van der Waals surface area contributed by atoms with Crippen LogP contribution in [0, 0.1) is 5.92 Å². The lowest BCUT2D eigenvalue weighted by Crippen LogP contribution is -2.44. The second-order valence-corrected chi connectivity index (χ2v) is 8.84. The van der Waals surface area contributed by atoms with Gasteiger partial charge in [0.1, 0.15) is 0 Å². The summed E-state index contributed by atoms with van der Waals surface area (Å²) >= 11 is 0. The fraction of sp³-hybridized carbons (Fsp3) is 0.379. The highest BCUT2D eigenvalue weighted by atomic mass is 16.5. The van der Waals surface area contributed by atoms with Gasteiger partial charge in [-0.2, -0.15) is 0 Å². The van der Waals surface area contributed by atoms with E-state index < -0.39 is 0 Å². The first-order valence-corrected chi connectivity index (χ1v) is 12.0. The molecule has 1 fully saturated rings. The van der Waals surface area contributed by atoms with Crippen LogP contribution < -0.4 is 0 Å². The maximum absolute atomic E-state index is 9.87. The van der Waals surface area contributed by atoms with Gasteiger partial charge < -0.3 is 14.6 Å². The molecule has 4 heteroatoms. The van der Waals surface area contributed by atoms with E-state index in [1.54, 1.807) is 0 Å². The Balaban J connectivity index is 1.46. The van der Waals surface area contributed by atoms with E-state index in [4.69, 9.17) is 9.47 Å². The molecule has 1 N–H and O–H groups in total. The van der Waals surface area contributed by atoms with Gasteiger partial charge in [0.25, 0.3) is 0 Å². The Hall–Kier alpha value is -2.50. The number of aliphatic hydroxyl groups excluding tert-OH is 1. The van der Waals surface area contributed by atoms with E-state index in [-0.39, 0.29) is 24.7 Å². The highest BCUT2D eigenvalue weighted by Gasteiger charge is 2.40. The zero-order chi connectivity index (χ0) is 22.7. The molecule has 1 saturated heterocycles. The Morgan fingerprint density at radius 3 is 1.97 bits per heavy atom. The Labute approximate surface area is 197 Å². The van der Waals surface area contributed by atoms with Gasteiger partial charge in [0, 0.05) is 31.7 Å². The van der Waals surface area contributed by atoms with Gasteiger partial charge in [-0.15, -0.1) is 0 Å². The summed E-state index contributed by atoms with van der Waals surface area (Å²) in [5.74, 6) is 0.200. The maximum Gasteiger partial charge on any atom is 0.0750 e. The molecule has 0 radical (unpaired) electrons. The normalized spacial score (nSPS) is 19.5. The van der Waals surface area contributed by atoms with Crippen LogP contribution in [-0.2, 0) is 29.2 Å². The zero-order valence-corrected chi connectivity index (χ0v) is 19.3. The quantitative estimate of drug-likeness (QED) is 0.423. The molecular weight excluding hydrogens is 410 g/mol. The van der Waals surface area contributed by atoms with Crippen LogP contribution in [0.15, 0.2) is 91.0 Å². The molecule has 3 aromatic carbocycles. The molecule has 3 atom stereocenters. The third-order valence-electron chi connectivity index (χ3n) is 6.47. The predicted octanol–water partition coefficient (Wildman–Crippen LogP) is 5.06. The summed E-state index contributed by atoms with van der Waals surface area (Å²) in [4.78, 5) is 2.52. The molecule has 4 nitrogen and oxygen atoms in total. The summed E-state index contributed by atoms with van der Waals surface area (Å²) < 4.78 is 12.6. The number of rotatable bonds is 12. The van der Waals surface area contributed by atoms with E-state index in [9.17, 15) is 5.11 Å². The molecule has 0 spiro atoms. The molecule has 4 rings (SSSR count). The van der Waals surface area contributed by atoms with Crippen molar-refractivity contribution in [2.24, 2.45) is 5.92 Å². The average molecular weight is 446 g/mol. The summed E-state index contributed by atoms with van der Waals surface area (Å²) in [5.41, 5.74) is 3.67. The molecule has 174 valence electrons. The smallest absolute Gasteiger partial charge is 0.0750 e.